The molecule has 8 heteroatoms. The number of nitrogens with zero attached hydrogens (tertiary/aromatic N) is 3. The Bertz CT molecular complexity index is 583. The molecular weight excluding hydrogens is 336 g/mol. The van der Waals surface area contributed by atoms with Gasteiger partial charge in [-0.3, -0.25) is 0 Å². The largest absolute Gasteiger partial charge is 0.444 e. The van der Waals surface area contributed by atoms with Crippen molar-refractivity contribution in [3.05, 3.63) is 46.3 Å². The van der Waals surface area contributed by atoms with Crippen LogP contribution in [0, 0.1) is 0 Å². The third-order valence-corrected chi connectivity index (χ3v) is 3.46. The van der Waals surface area contributed by atoms with Crippen LogP contribution in [-0.2, 0) is 16.1 Å². The predicted octanol–water partition coefficient (Wildman–Crippen LogP) is 3.55. The summed E-state index contributed by atoms with van der Waals surface area (Å²) in [5.41, 5.74) is 8.95. The summed E-state index contributed by atoms with van der Waals surface area (Å²) in [6, 6.07) is 9.21. The first-order valence-electron chi connectivity index (χ1n) is 8.61. The van der Waals surface area contributed by atoms with E-state index in [4.69, 9.17) is 15.0 Å². The maximum atomic E-state index is 11.8. The van der Waals surface area contributed by atoms with Crippen LogP contribution in [-0.4, -0.2) is 42.1 Å². The highest BCUT2D eigenvalue weighted by atomic mass is 16.6. The topological polar surface area (TPSA) is 117 Å². The first-order valence-corrected chi connectivity index (χ1v) is 8.61. The monoisotopic (exact) mass is 364 g/mol. The van der Waals surface area contributed by atoms with Gasteiger partial charge in [-0.25, -0.2) is 4.79 Å². The molecule has 0 aromatic heterocycles. The number of rotatable bonds is 10. The van der Waals surface area contributed by atoms with E-state index >= 15 is 0 Å². The Morgan fingerprint density at radius 3 is 2.58 bits per heavy atom. The zero-order valence-corrected chi connectivity index (χ0v) is 15.6. The molecule has 8 nitrogen and oxygen atoms in total. The molecule has 1 rings (SSSR count). The molecule has 2 atom stereocenters. The van der Waals surface area contributed by atoms with Crippen molar-refractivity contribution in [3.8, 4) is 0 Å². The van der Waals surface area contributed by atoms with E-state index in [-0.39, 0.29) is 19.3 Å². The summed E-state index contributed by atoms with van der Waals surface area (Å²) >= 11 is 0. The van der Waals surface area contributed by atoms with Crippen LogP contribution in [0.1, 0.15) is 39.2 Å². The fraction of sp³-hybridized carbons (Fsp3) is 0.611. The number of nitrogens with one attached hydrogen (secondary N) is 1. The highest BCUT2D eigenvalue weighted by Crippen LogP contribution is 2.12. The van der Waals surface area contributed by atoms with E-state index in [1.165, 1.54) is 0 Å². The van der Waals surface area contributed by atoms with E-state index in [0.717, 1.165) is 5.56 Å². The standard InChI is InChI=1S/C18H28N4O4/c1-18(2,3)26-17(24)21-15(12-23)9-10-16(11-20-22-19)25-13-14-7-5-4-6-8-14/h4-8,15-16,23H,9-13H2,1-3H3,(H,21,24)/t15-,16-/m0/s1. The van der Waals surface area contributed by atoms with Gasteiger partial charge in [0.15, 0.2) is 0 Å². The van der Waals surface area contributed by atoms with Gasteiger partial charge in [-0.1, -0.05) is 35.4 Å². The van der Waals surface area contributed by atoms with Gasteiger partial charge in [0, 0.05) is 4.91 Å². The highest BCUT2D eigenvalue weighted by Gasteiger charge is 2.20. The van der Waals surface area contributed by atoms with Crippen molar-refractivity contribution >= 4 is 6.09 Å². The third-order valence-electron chi connectivity index (χ3n) is 3.46. The van der Waals surface area contributed by atoms with Crippen LogP contribution in [0.3, 0.4) is 0 Å². The second kappa shape index (κ2) is 11.4. The lowest BCUT2D eigenvalue weighted by Crippen LogP contribution is -2.41. The van der Waals surface area contributed by atoms with Gasteiger partial charge in [-0.15, -0.1) is 0 Å². The van der Waals surface area contributed by atoms with Crippen LogP contribution in [0.4, 0.5) is 4.79 Å². The molecule has 1 amide bonds. The van der Waals surface area contributed by atoms with E-state index in [2.05, 4.69) is 15.3 Å². The summed E-state index contributed by atoms with van der Waals surface area (Å²) in [5.74, 6) is 0. The Balaban J connectivity index is 2.51. The minimum absolute atomic E-state index is 0.188. The van der Waals surface area contributed by atoms with E-state index < -0.39 is 17.7 Å². The SMILES string of the molecule is CC(C)(C)OC(=O)N[C@H](CO)CC[C@@H](CN=[N+]=[N-])OCc1ccccc1. The first-order chi connectivity index (χ1) is 12.3. The lowest BCUT2D eigenvalue weighted by molar-refractivity contribution is 0.0323. The summed E-state index contributed by atoms with van der Waals surface area (Å²) in [5, 5.41) is 15.7. The summed E-state index contributed by atoms with van der Waals surface area (Å²) in [4.78, 5) is 14.6. The van der Waals surface area contributed by atoms with Crippen LogP contribution >= 0.6 is 0 Å². The van der Waals surface area contributed by atoms with E-state index in [1.807, 2.05) is 30.3 Å². The molecule has 0 bridgehead atoms. The number of alkyl carbamates (subject to hydrolysis) is 1. The van der Waals surface area contributed by atoms with Crippen LogP contribution in [0.2, 0.25) is 0 Å². The lowest BCUT2D eigenvalue weighted by Gasteiger charge is -2.24. The molecule has 0 aliphatic carbocycles. The molecule has 0 radical (unpaired) electrons. The third kappa shape index (κ3) is 9.88. The number of carbonyl (C=O) groups is 1. The molecule has 0 aliphatic heterocycles. The summed E-state index contributed by atoms with van der Waals surface area (Å²) in [7, 11) is 0. The molecule has 1 aromatic carbocycles. The molecule has 0 saturated heterocycles. The van der Waals surface area contributed by atoms with Gasteiger partial charge in [0.25, 0.3) is 0 Å². The van der Waals surface area contributed by atoms with Crippen LogP contribution in [0.25, 0.3) is 10.4 Å². The number of azide groups is 1. The number of aliphatic hydroxyl groups is 1. The normalized spacial score (nSPS) is 13.4. The number of amides is 1. The van der Waals surface area contributed by atoms with Gasteiger partial charge < -0.3 is 19.9 Å². The maximum absolute atomic E-state index is 11.8. The average molecular weight is 364 g/mol. The quantitative estimate of drug-likeness (QED) is 0.375. The summed E-state index contributed by atoms with van der Waals surface area (Å²) < 4.78 is 11.0. The molecule has 0 saturated carbocycles. The summed E-state index contributed by atoms with van der Waals surface area (Å²) in [6.07, 6.45) is 0.109. The highest BCUT2D eigenvalue weighted by molar-refractivity contribution is 5.68. The van der Waals surface area contributed by atoms with Crippen molar-refractivity contribution in [1.29, 1.82) is 0 Å². The zero-order chi connectivity index (χ0) is 19.4. The number of hydrogen-bond donors (Lipinski definition) is 2. The van der Waals surface area contributed by atoms with Gasteiger partial charge in [0.05, 0.1) is 31.9 Å². The lowest BCUT2D eigenvalue weighted by atomic mass is 10.1. The number of hydrogen-bond acceptors (Lipinski definition) is 5. The second-order valence-electron chi connectivity index (χ2n) is 6.94. The number of carbonyl (C=O) groups excluding carboxylic acids is 1. The van der Waals surface area contributed by atoms with Crippen molar-refractivity contribution in [1.82, 2.24) is 5.32 Å². The number of aliphatic hydroxyl groups excluding tert-OH is 1. The Morgan fingerprint density at radius 1 is 1.31 bits per heavy atom. The predicted molar refractivity (Wildman–Crippen MR) is 98.5 cm³/mol. The maximum Gasteiger partial charge on any atom is 0.407 e. The Hall–Kier alpha value is -2.28. The second-order valence-corrected chi connectivity index (χ2v) is 6.94. The Morgan fingerprint density at radius 2 is 2.00 bits per heavy atom. The average Bonchev–Trinajstić information content (AvgIpc) is 2.59. The fourth-order valence-corrected chi connectivity index (χ4v) is 2.21. The van der Waals surface area contributed by atoms with Crippen molar-refractivity contribution in [2.45, 2.75) is 58.0 Å². The minimum atomic E-state index is -0.604. The van der Waals surface area contributed by atoms with E-state index in [1.54, 1.807) is 20.8 Å². The molecule has 0 spiro atoms. The van der Waals surface area contributed by atoms with Crippen molar-refractivity contribution in [2.24, 2.45) is 5.11 Å². The molecule has 0 fully saturated rings. The molecule has 1 aromatic rings. The van der Waals surface area contributed by atoms with Crippen LogP contribution in [0.15, 0.2) is 35.4 Å². The van der Waals surface area contributed by atoms with Gasteiger partial charge >= 0.3 is 6.09 Å². The van der Waals surface area contributed by atoms with E-state index in [0.29, 0.717) is 19.4 Å². The van der Waals surface area contributed by atoms with Crippen molar-refractivity contribution in [2.75, 3.05) is 13.2 Å². The number of benzene rings is 1. The molecule has 0 heterocycles. The molecule has 144 valence electrons. The molecule has 2 N–H and O–H groups in total. The molecular formula is C18H28N4O4. The van der Waals surface area contributed by atoms with Gasteiger partial charge in [0.1, 0.15) is 5.60 Å². The molecule has 26 heavy (non-hydrogen) atoms. The smallest absolute Gasteiger partial charge is 0.407 e. The zero-order valence-electron chi connectivity index (χ0n) is 15.6. The van der Waals surface area contributed by atoms with Crippen molar-refractivity contribution in [3.63, 3.8) is 0 Å². The molecule has 0 aliphatic rings. The van der Waals surface area contributed by atoms with Gasteiger partial charge in [0.2, 0.25) is 0 Å². The summed E-state index contributed by atoms with van der Waals surface area (Å²) in [6.45, 7) is 5.69. The Labute approximate surface area is 154 Å². The van der Waals surface area contributed by atoms with Crippen molar-refractivity contribution < 1.29 is 19.4 Å². The molecule has 0 unspecified atom stereocenters. The van der Waals surface area contributed by atoms with Crippen LogP contribution in [0.5, 0.6) is 0 Å². The Kier molecular flexibility index (Phi) is 9.51. The minimum Gasteiger partial charge on any atom is -0.444 e. The first kappa shape index (κ1) is 21.8. The number of ether oxygens (including phenoxy) is 2. The van der Waals surface area contributed by atoms with Gasteiger partial charge in [-0.2, -0.15) is 0 Å². The van der Waals surface area contributed by atoms with Gasteiger partial charge in [-0.05, 0) is 44.7 Å². The van der Waals surface area contributed by atoms with Crippen LogP contribution < -0.4 is 5.32 Å². The van der Waals surface area contributed by atoms with E-state index in [9.17, 15) is 9.90 Å². The fourth-order valence-electron chi connectivity index (χ4n) is 2.21.